The first kappa shape index (κ1) is 14.7. The molecule has 2 rings (SSSR count). The Labute approximate surface area is 129 Å². The molecule has 2 aliphatic heterocycles. The third-order valence-electron chi connectivity index (χ3n) is 2.80. The molecule has 2 saturated heterocycles. The number of rotatable bonds is 10. The third kappa shape index (κ3) is 7.66. The second kappa shape index (κ2) is 8.45. The van der Waals surface area contributed by atoms with Crippen molar-refractivity contribution in [2.75, 3.05) is 11.5 Å². The monoisotopic (exact) mass is 490 g/mol. The zero-order valence-corrected chi connectivity index (χ0v) is 16.3. The van der Waals surface area contributed by atoms with Gasteiger partial charge in [0.25, 0.3) is 0 Å². The van der Waals surface area contributed by atoms with Gasteiger partial charge in [0.15, 0.2) is 0 Å². The van der Waals surface area contributed by atoms with Crippen LogP contribution in [-0.4, -0.2) is 63.9 Å². The minimum atomic E-state index is 0.398. The van der Waals surface area contributed by atoms with Crippen LogP contribution >= 0.6 is 23.5 Å². The Hall–Kier alpha value is 2.28. The predicted octanol–water partition coefficient (Wildman–Crippen LogP) is 3.72. The first-order valence-corrected chi connectivity index (χ1v) is 14.9. The molecule has 0 bridgehead atoms. The van der Waals surface area contributed by atoms with Crippen molar-refractivity contribution in [1.29, 1.82) is 0 Å². The second-order valence-electron chi connectivity index (χ2n) is 4.77. The van der Waals surface area contributed by atoms with Crippen LogP contribution in [0.5, 0.6) is 0 Å². The Morgan fingerprint density at radius 1 is 1.12 bits per heavy atom. The van der Waals surface area contributed by atoms with Crippen LogP contribution in [0.25, 0.3) is 0 Å². The van der Waals surface area contributed by atoms with E-state index in [4.69, 9.17) is 0 Å². The molecule has 94 valence electrons. The maximum atomic E-state index is 2.50. The van der Waals surface area contributed by atoms with E-state index >= 15 is 0 Å². The van der Waals surface area contributed by atoms with E-state index in [1.807, 2.05) is 0 Å². The van der Waals surface area contributed by atoms with Crippen molar-refractivity contribution in [1.82, 2.24) is 0 Å². The molecule has 0 amide bonds. The van der Waals surface area contributed by atoms with Crippen molar-refractivity contribution >= 4 is 65.4 Å². The van der Waals surface area contributed by atoms with Crippen molar-refractivity contribution in [3.05, 3.63) is 0 Å². The summed E-state index contributed by atoms with van der Waals surface area (Å²) in [6.07, 6.45) is 3.11. The van der Waals surface area contributed by atoms with Gasteiger partial charge in [-0.15, -0.1) is 0 Å². The fourth-order valence-electron chi connectivity index (χ4n) is 1.56. The minimum absolute atomic E-state index is 0.398. The van der Waals surface area contributed by atoms with Crippen LogP contribution in [0.2, 0.25) is 17.9 Å². The first-order valence-electron chi connectivity index (χ1n) is 6.23. The van der Waals surface area contributed by atoms with Gasteiger partial charge in [-0.1, -0.05) is 0 Å². The molecular weight excluding hydrogens is 463 g/mol. The summed E-state index contributed by atoms with van der Waals surface area (Å²) in [5.41, 5.74) is 0. The fourth-order valence-corrected chi connectivity index (χ4v) is 11.9. The van der Waals surface area contributed by atoms with Crippen LogP contribution in [0.4, 0.5) is 0 Å². The number of hydrogen-bond acceptors (Lipinski definition) is 2. The quantitative estimate of drug-likeness (QED) is 0.263. The van der Waals surface area contributed by atoms with Crippen molar-refractivity contribution in [2.45, 2.75) is 48.1 Å². The van der Waals surface area contributed by atoms with Crippen LogP contribution in [-0.2, 0) is 0 Å². The van der Waals surface area contributed by atoms with Gasteiger partial charge in [-0.2, -0.15) is 0 Å². The van der Waals surface area contributed by atoms with Crippen LogP contribution in [0, 0.1) is 5.92 Å². The Kier molecular flexibility index (Phi) is 7.75. The Balaban J connectivity index is 1.33. The van der Waals surface area contributed by atoms with Crippen molar-refractivity contribution in [3.8, 4) is 0 Å². The average Bonchev–Trinajstić information content (AvgIpc) is 3.12. The van der Waals surface area contributed by atoms with Gasteiger partial charge in [-0.3, -0.25) is 0 Å². The number of thioether (sulfide) groups is 2. The van der Waals surface area contributed by atoms with E-state index in [9.17, 15) is 0 Å². The molecule has 3 atom stereocenters. The van der Waals surface area contributed by atoms with Crippen LogP contribution in [0.1, 0.15) is 19.8 Å². The third-order valence-corrected chi connectivity index (χ3v) is 13.6. The van der Waals surface area contributed by atoms with Gasteiger partial charge in [0.1, 0.15) is 0 Å². The van der Waals surface area contributed by atoms with E-state index in [0.29, 0.717) is 41.8 Å². The predicted molar refractivity (Wildman–Crippen MR) is 81.6 cm³/mol. The maximum absolute atomic E-state index is 2.50. The fraction of sp³-hybridized carbons (Fsp3) is 1.00. The summed E-state index contributed by atoms with van der Waals surface area (Å²) in [6.45, 7) is 2.50. The molecule has 16 heavy (non-hydrogen) atoms. The molecule has 2 heterocycles. The van der Waals surface area contributed by atoms with Crippen LogP contribution in [0.15, 0.2) is 0 Å². The molecule has 0 aromatic rings. The second-order valence-corrected chi connectivity index (χ2v) is 13.8. The summed E-state index contributed by atoms with van der Waals surface area (Å²) >= 11 is 5.20. The average molecular weight is 486 g/mol. The summed E-state index contributed by atoms with van der Waals surface area (Å²) in [7, 11) is 0. The molecule has 0 aliphatic carbocycles. The Bertz CT molecular complexity index is 193. The SMILES string of the molecule is CC(CCC[Te]CC1CS1)C[Te]CC1CS1. The van der Waals surface area contributed by atoms with Crippen molar-refractivity contribution in [3.63, 3.8) is 0 Å². The molecule has 4 heteroatoms. The van der Waals surface area contributed by atoms with Gasteiger partial charge < -0.3 is 0 Å². The first-order chi connectivity index (χ1) is 7.84. The van der Waals surface area contributed by atoms with Gasteiger partial charge in [-0.05, 0) is 0 Å². The molecule has 2 aliphatic rings. The van der Waals surface area contributed by atoms with E-state index in [1.54, 1.807) is 30.7 Å². The summed E-state index contributed by atoms with van der Waals surface area (Å²) in [5.74, 6) is 4.05. The zero-order chi connectivity index (χ0) is 11.2. The molecule has 0 aromatic carbocycles. The molecule has 2 fully saturated rings. The van der Waals surface area contributed by atoms with Gasteiger partial charge in [0.2, 0.25) is 0 Å². The molecule has 0 spiro atoms. The van der Waals surface area contributed by atoms with E-state index in [1.165, 1.54) is 11.5 Å². The zero-order valence-electron chi connectivity index (χ0n) is 10.0. The van der Waals surface area contributed by atoms with E-state index in [-0.39, 0.29) is 0 Å². The Morgan fingerprint density at radius 2 is 1.75 bits per heavy atom. The van der Waals surface area contributed by atoms with Crippen LogP contribution < -0.4 is 0 Å². The standard InChI is InChI=1S/C12H22S2Te2/c1-10(7-16-9-12-6-14-12)3-2-4-15-8-11-5-13-11/h10-12H,2-9H2,1H3. The molecule has 0 nitrogen and oxygen atoms in total. The molecule has 0 aromatic heterocycles. The van der Waals surface area contributed by atoms with Crippen molar-refractivity contribution < 1.29 is 0 Å². The number of hydrogen-bond donors (Lipinski definition) is 0. The molecule has 3 unspecified atom stereocenters. The topological polar surface area (TPSA) is 0 Å². The van der Waals surface area contributed by atoms with Gasteiger partial charge in [0.05, 0.1) is 0 Å². The summed E-state index contributed by atoms with van der Waals surface area (Å²) in [4.78, 5) is 0. The van der Waals surface area contributed by atoms with Crippen LogP contribution in [0.3, 0.4) is 0 Å². The Morgan fingerprint density at radius 3 is 2.38 bits per heavy atom. The van der Waals surface area contributed by atoms with E-state index in [2.05, 4.69) is 30.4 Å². The van der Waals surface area contributed by atoms with Crippen molar-refractivity contribution in [2.24, 2.45) is 5.92 Å². The normalized spacial score (nSPS) is 29.1. The summed E-state index contributed by atoms with van der Waals surface area (Å²) in [5, 5.41) is 2.25. The summed E-state index contributed by atoms with van der Waals surface area (Å²) < 4.78 is 6.52. The van der Waals surface area contributed by atoms with E-state index in [0.717, 1.165) is 16.4 Å². The molecule has 0 N–H and O–H groups in total. The van der Waals surface area contributed by atoms with Gasteiger partial charge in [0, 0.05) is 0 Å². The molecular formula is C12H22S2Te2. The summed E-state index contributed by atoms with van der Waals surface area (Å²) in [6, 6.07) is 0. The van der Waals surface area contributed by atoms with E-state index < -0.39 is 0 Å². The molecule has 0 radical (unpaired) electrons. The van der Waals surface area contributed by atoms with Gasteiger partial charge >= 0.3 is 131 Å². The molecule has 0 saturated carbocycles. The van der Waals surface area contributed by atoms with Gasteiger partial charge in [-0.25, -0.2) is 0 Å².